The zero-order valence-electron chi connectivity index (χ0n) is 12.1. The average Bonchev–Trinajstić information content (AvgIpc) is 2.87. The van der Waals surface area contributed by atoms with Crippen LogP contribution in [0, 0.1) is 0 Å². The molecule has 0 aromatic heterocycles. The second-order valence-corrected chi connectivity index (χ2v) is 6.22. The van der Waals surface area contributed by atoms with E-state index < -0.39 is 0 Å². The van der Waals surface area contributed by atoms with E-state index in [-0.39, 0.29) is 0 Å². The van der Waals surface area contributed by atoms with Gasteiger partial charge in [-0.3, -0.25) is 9.80 Å². The first kappa shape index (κ1) is 13.1. The predicted molar refractivity (Wildman–Crippen MR) is 80.4 cm³/mol. The fourth-order valence-electron chi connectivity index (χ4n) is 3.69. The number of nitrogens with zero attached hydrogens (tertiary/aromatic N) is 2. The Balaban J connectivity index is 1.47. The summed E-state index contributed by atoms with van der Waals surface area (Å²) < 4.78 is 0. The van der Waals surface area contributed by atoms with Gasteiger partial charge in [0.1, 0.15) is 0 Å². The lowest BCUT2D eigenvalue weighted by Gasteiger charge is -2.42. The van der Waals surface area contributed by atoms with Crippen molar-refractivity contribution in [1.29, 1.82) is 0 Å². The summed E-state index contributed by atoms with van der Waals surface area (Å²) in [5.74, 6) is 0. The van der Waals surface area contributed by atoms with E-state index in [9.17, 15) is 0 Å². The molecule has 0 radical (unpaired) electrons. The summed E-state index contributed by atoms with van der Waals surface area (Å²) in [7, 11) is 0. The summed E-state index contributed by atoms with van der Waals surface area (Å²) in [5, 5.41) is 0. The van der Waals surface area contributed by atoms with Crippen molar-refractivity contribution in [1.82, 2.24) is 9.80 Å². The van der Waals surface area contributed by atoms with Crippen molar-refractivity contribution in [2.24, 2.45) is 0 Å². The number of fused-ring (bicyclic) bond motifs is 1. The SMILES string of the molecule is C[C@@H]1CN2CCC[C@H]2CN1CCCc1ccccc1. The number of aryl methyl sites for hydroxylation is 1. The average molecular weight is 258 g/mol. The van der Waals surface area contributed by atoms with E-state index in [1.165, 1.54) is 57.4 Å². The van der Waals surface area contributed by atoms with Gasteiger partial charge in [-0.05, 0) is 51.3 Å². The second kappa shape index (κ2) is 6.06. The second-order valence-electron chi connectivity index (χ2n) is 6.22. The smallest absolute Gasteiger partial charge is 0.0224 e. The Morgan fingerprint density at radius 3 is 2.84 bits per heavy atom. The number of piperazine rings is 1. The van der Waals surface area contributed by atoms with Gasteiger partial charge in [0, 0.05) is 25.2 Å². The molecule has 1 aromatic carbocycles. The Kier molecular flexibility index (Phi) is 4.19. The third-order valence-electron chi connectivity index (χ3n) is 4.82. The summed E-state index contributed by atoms with van der Waals surface area (Å²) in [6, 6.07) is 12.5. The molecule has 2 saturated heterocycles. The number of rotatable bonds is 4. The molecule has 104 valence electrons. The Morgan fingerprint density at radius 2 is 2.00 bits per heavy atom. The Labute approximate surface area is 117 Å². The highest BCUT2D eigenvalue weighted by molar-refractivity contribution is 5.14. The monoisotopic (exact) mass is 258 g/mol. The van der Waals surface area contributed by atoms with Crippen LogP contribution < -0.4 is 0 Å². The van der Waals surface area contributed by atoms with Gasteiger partial charge in [-0.15, -0.1) is 0 Å². The number of benzene rings is 1. The molecule has 2 aliphatic heterocycles. The lowest BCUT2D eigenvalue weighted by Crippen LogP contribution is -2.55. The van der Waals surface area contributed by atoms with Gasteiger partial charge in [-0.2, -0.15) is 0 Å². The van der Waals surface area contributed by atoms with Crippen molar-refractivity contribution in [3.05, 3.63) is 35.9 Å². The van der Waals surface area contributed by atoms with Crippen molar-refractivity contribution in [3.63, 3.8) is 0 Å². The molecule has 2 heteroatoms. The first-order valence-corrected chi connectivity index (χ1v) is 7.85. The maximum atomic E-state index is 2.72. The van der Waals surface area contributed by atoms with E-state index in [1.54, 1.807) is 0 Å². The molecule has 0 N–H and O–H groups in total. The molecular weight excluding hydrogens is 232 g/mol. The molecule has 0 spiro atoms. The highest BCUT2D eigenvalue weighted by atomic mass is 15.3. The molecule has 2 aliphatic rings. The van der Waals surface area contributed by atoms with E-state index in [0.717, 1.165) is 12.1 Å². The Morgan fingerprint density at radius 1 is 1.16 bits per heavy atom. The molecule has 2 heterocycles. The van der Waals surface area contributed by atoms with Crippen LogP contribution in [0.25, 0.3) is 0 Å². The third kappa shape index (κ3) is 3.18. The van der Waals surface area contributed by atoms with Gasteiger partial charge in [0.25, 0.3) is 0 Å². The molecular formula is C17H26N2. The van der Waals surface area contributed by atoms with Crippen LogP contribution in [-0.2, 0) is 6.42 Å². The van der Waals surface area contributed by atoms with Crippen LogP contribution in [0.1, 0.15) is 31.7 Å². The molecule has 3 rings (SSSR count). The molecule has 0 saturated carbocycles. The summed E-state index contributed by atoms with van der Waals surface area (Å²) >= 11 is 0. The molecule has 2 nitrogen and oxygen atoms in total. The van der Waals surface area contributed by atoms with Crippen molar-refractivity contribution in [2.75, 3.05) is 26.2 Å². The number of hydrogen-bond acceptors (Lipinski definition) is 2. The van der Waals surface area contributed by atoms with Gasteiger partial charge >= 0.3 is 0 Å². The Bertz CT molecular complexity index is 390. The summed E-state index contributed by atoms with van der Waals surface area (Å²) in [5.41, 5.74) is 1.48. The first-order valence-electron chi connectivity index (χ1n) is 7.85. The Hall–Kier alpha value is -0.860. The minimum atomic E-state index is 0.741. The fraction of sp³-hybridized carbons (Fsp3) is 0.647. The quantitative estimate of drug-likeness (QED) is 0.819. The first-order chi connectivity index (χ1) is 9.33. The summed E-state index contributed by atoms with van der Waals surface area (Å²) in [6.07, 6.45) is 5.34. The molecule has 0 unspecified atom stereocenters. The zero-order valence-corrected chi connectivity index (χ0v) is 12.1. The van der Waals surface area contributed by atoms with Gasteiger partial charge in [0.15, 0.2) is 0 Å². The zero-order chi connectivity index (χ0) is 13.1. The molecule has 1 aromatic rings. The topological polar surface area (TPSA) is 6.48 Å². The minimum absolute atomic E-state index is 0.741. The molecule has 0 amide bonds. The largest absolute Gasteiger partial charge is 0.298 e. The molecule has 2 fully saturated rings. The maximum absolute atomic E-state index is 2.72. The van der Waals surface area contributed by atoms with Crippen LogP contribution in [0.3, 0.4) is 0 Å². The highest BCUT2D eigenvalue weighted by Gasteiger charge is 2.33. The number of hydrogen-bond donors (Lipinski definition) is 0. The van der Waals surface area contributed by atoms with Crippen LogP contribution >= 0.6 is 0 Å². The van der Waals surface area contributed by atoms with E-state index in [0.29, 0.717) is 0 Å². The standard InChI is InChI=1S/C17H26N2/c1-15-13-19-12-6-10-17(19)14-18(15)11-5-9-16-7-3-2-4-8-16/h2-4,7-8,15,17H,5-6,9-14H2,1H3/t15-,17+/m1/s1. The predicted octanol–water partition coefficient (Wildman–Crippen LogP) is 2.79. The molecule has 0 bridgehead atoms. The van der Waals surface area contributed by atoms with E-state index in [4.69, 9.17) is 0 Å². The van der Waals surface area contributed by atoms with Crippen molar-refractivity contribution in [3.8, 4) is 0 Å². The lowest BCUT2D eigenvalue weighted by atomic mass is 10.1. The van der Waals surface area contributed by atoms with Crippen molar-refractivity contribution >= 4 is 0 Å². The minimum Gasteiger partial charge on any atom is -0.298 e. The van der Waals surface area contributed by atoms with Crippen LogP contribution in [0.5, 0.6) is 0 Å². The van der Waals surface area contributed by atoms with Gasteiger partial charge in [0.2, 0.25) is 0 Å². The van der Waals surface area contributed by atoms with Crippen molar-refractivity contribution in [2.45, 2.75) is 44.7 Å². The van der Waals surface area contributed by atoms with E-state index in [1.807, 2.05) is 0 Å². The highest BCUT2D eigenvalue weighted by Crippen LogP contribution is 2.24. The van der Waals surface area contributed by atoms with Crippen LogP contribution in [-0.4, -0.2) is 48.1 Å². The van der Waals surface area contributed by atoms with Crippen LogP contribution in [0.15, 0.2) is 30.3 Å². The van der Waals surface area contributed by atoms with E-state index in [2.05, 4.69) is 47.1 Å². The normalized spacial score (nSPS) is 28.5. The lowest BCUT2D eigenvalue weighted by molar-refractivity contribution is 0.0589. The molecule has 2 atom stereocenters. The van der Waals surface area contributed by atoms with Gasteiger partial charge in [0.05, 0.1) is 0 Å². The molecule has 19 heavy (non-hydrogen) atoms. The van der Waals surface area contributed by atoms with E-state index >= 15 is 0 Å². The third-order valence-corrected chi connectivity index (χ3v) is 4.82. The summed E-state index contributed by atoms with van der Waals surface area (Å²) in [6.45, 7) is 7.59. The van der Waals surface area contributed by atoms with Crippen LogP contribution in [0.2, 0.25) is 0 Å². The van der Waals surface area contributed by atoms with Crippen molar-refractivity contribution < 1.29 is 0 Å². The maximum Gasteiger partial charge on any atom is 0.0224 e. The van der Waals surface area contributed by atoms with Gasteiger partial charge < -0.3 is 0 Å². The van der Waals surface area contributed by atoms with Gasteiger partial charge in [-0.25, -0.2) is 0 Å². The fourth-order valence-corrected chi connectivity index (χ4v) is 3.69. The van der Waals surface area contributed by atoms with Crippen LogP contribution in [0.4, 0.5) is 0 Å². The summed E-state index contributed by atoms with van der Waals surface area (Å²) in [4.78, 5) is 5.42. The molecule has 0 aliphatic carbocycles. The van der Waals surface area contributed by atoms with Gasteiger partial charge in [-0.1, -0.05) is 30.3 Å².